The van der Waals surface area contributed by atoms with E-state index < -0.39 is 0 Å². The van der Waals surface area contributed by atoms with Gasteiger partial charge in [-0.3, -0.25) is 10.8 Å². The summed E-state index contributed by atoms with van der Waals surface area (Å²) in [4.78, 5) is 0.758. The number of thiocarbonyl (C=S) groups is 1. The molecule has 0 unspecified atom stereocenters. The van der Waals surface area contributed by atoms with Crippen LogP contribution in [0.5, 0.6) is 0 Å². The Balaban J connectivity index is 2.21. The zero-order chi connectivity index (χ0) is 12.9. The van der Waals surface area contributed by atoms with E-state index >= 15 is 0 Å². The molecule has 0 aromatic heterocycles. The van der Waals surface area contributed by atoms with Gasteiger partial charge >= 0.3 is 0 Å². The lowest BCUT2D eigenvalue weighted by molar-refractivity contribution is 1.29. The van der Waals surface area contributed by atoms with E-state index in [0.717, 1.165) is 27.3 Å². The fourth-order valence-electron chi connectivity index (χ4n) is 2.03. The van der Waals surface area contributed by atoms with Crippen molar-refractivity contribution in [2.45, 2.75) is 6.92 Å². The van der Waals surface area contributed by atoms with Gasteiger partial charge in [-0.05, 0) is 13.0 Å². The van der Waals surface area contributed by atoms with Gasteiger partial charge in [0.25, 0.3) is 0 Å². The first-order valence-electron chi connectivity index (χ1n) is 5.35. The van der Waals surface area contributed by atoms with Gasteiger partial charge in [0, 0.05) is 11.1 Å². The van der Waals surface area contributed by atoms with E-state index in [2.05, 4.69) is 10.6 Å². The highest BCUT2D eigenvalue weighted by atomic mass is 32.2. The van der Waals surface area contributed by atoms with Crippen molar-refractivity contribution < 1.29 is 0 Å². The summed E-state index contributed by atoms with van der Waals surface area (Å²) in [7, 11) is 0. The van der Waals surface area contributed by atoms with E-state index in [1.165, 1.54) is 11.8 Å². The summed E-state index contributed by atoms with van der Waals surface area (Å²) in [5.74, 6) is 0.674. The first-order valence-corrected chi connectivity index (χ1v) is 6.58. The lowest BCUT2D eigenvalue weighted by Crippen LogP contribution is -2.19. The maximum absolute atomic E-state index is 7.93. The normalized spacial score (nSPS) is 21.9. The summed E-state index contributed by atoms with van der Waals surface area (Å²) < 4.78 is 0.580. The summed E-state index contributed by atoms with van der Waals surface area (Å²) in [6.45, 7) is 2.01. The van der Waals surface area contributed by atoms with Crippen molar-refractivity contribution in [1.29, 1.82) is 10.8 Å². The molecule has 90 valence electrons. The van der Waals surface area contributed by atoms with Crippen LogP contribution in [0.25, 0.3) is 5.70 Å². The van der Waals surface area contributed by atoms with Gasteiger partial charge in [0.1, 0.15) is 16.0 Å². The van der Waals surface area contributed by atoms with Crippen LogP contribution in [0.15, 0.2) is 23.1 Å². The van der Waals surface area contributed by atoms with Crippen LogP contribution >= 0.6 is 24.0 Å². The predicted octanol–water partition coefficient (Wildman–Crippen LogP) is 2.19. The molecule has 4 nitrogen and oxygen atoms in total. The molecule has 2 heterocycles. The Labute approximate surface area is 114 Å². The molecule has 0 amide bonds. The molecule has 18 heavy (non-hydrogen) atoms. The standard InChI is InChI=1S/C12H10N4S2/c1-5-2-3-6-7(4-5)8(15-10(6)13)9-11(14)16-12(17)18-9/h2-4H,1H3,(H2,13,15)(H2,14,16,17). The van der Waals surface area contributed by atoms with Gasteiger partial charge in [-0.15, -0.1) is 0 Å². The van der Waals surface area contributed by atoms with Crippen molar-refractivity contribution in [1.82, 2.24) is 10.6 Å². The van der Waals surface area contributed by atoms with Gasteiger partial charge in [-0.2, -0.15) is 0 Å². The number of thioether (sulfide) groups is 1. The minimum absolute atomic E-state index is 0.301. The van der Waals surface area contributed by atoms with Crippen LogP contribution in [0.3, 0.4) is 0 Å². The smallest absolute Gasteiger partial charge is 0.144 e. The lowest BCUT2D eigenvalue weighted by atomic mass is 10.0. The van der Waals surface area contributed by atoms with Gasteiger partial charge in [-0.25, -0.2) is 0 Å². The third-order valence-corrected chi connectivity index (χ3v) is 4.09. The Morgan fingerprint density at radius 2 is 1.89 bits per heavy atom. The zero-order valence-corrected chi connectivity index (χ0v) is 11.2. The molecule has 1 aromatic carbocycles. The summed E-state index contributed by atoms with van der Waals surface area (Å²) in [6, 6.07) is 5.95. The van der Waals surface area contributed by atoms with Crippen LogP contribution in [0, 0.1) is 17.7 Å². The van der Waals surface area contributed by atoms with Gasteiger partial charge in [0.15, 0.2) is 0 Å². The van der Waals surface area contributed by atoms with Crippen LogP contribution in [0.4, 0.5) is 0 Å². The van der Waals surface area contributed by atoms with Crippen molar-refractivity contribution in [2.24, 2.45) is 0 Å². The molecule has 1 fully saturated rings. The molecule has 1 saturated heterocycles. The second-order valence-electron chi connectivity index (χ2n) is 4.14. The molecule has 0 saturated carbocycles. The van der Waals surface area contributed by atoms with Crippen molar-refractivity contribution in [3.05, 3.63) is 39.8 Å². The van der Waals surface area contributed by atoms with Crippen LogP contribution in [-0.4, -0.2) is 16.0 Å². The number of amidine groups is 2. The van der Waals surface area contributed by atoms with Gasteiger partial charge in [0.05, 0.1) is 10.6 Å². The average Bonchev–Trinajstić information content (AvgIpc) is 2.79. The predicted molar refractivity (Wildman–Crippen MR) is 79.1 cm³/mol. The highest BCUT2D eigenvalue weighted by Crippen LogP contribution is 2.35. The third kappa shape index (κ3) is 1.65. The highest BCUT2D eigenvalue weighted by Gasteiger charge is 2.29. The second-order valence-corrected chi connectivity index (χ2v) is 5.83. The van der Waals surface area contributed by atoms with Crippen molar-refractivity contribution in [3.63, 3.8) is 0 Å². The summed E-state index contributed by atoms with van der Waals surface area (Å²) in [5, 5.41) is 21.7. The second kappa shape index (κ2) is 3.93. The minimum Gasteiger partial charge on any atom is -0.339 e. The van der Waals surface area contributed by atoms with Crippen LogP contribution in [0.2, 0.25) is 0 Å². The molecule has 0 atom stereocenters. The Kier molecular flexibility index (Phi) is 2.49. The first kappa shape index (κ1) is 11.4. The summed E-state index contributed by atoms with van der Waals surface area (Å²) in [6.07, 6.45) is 0. The molecule has 3 rings (SSSR count). The number of fused-ring (bicyclic) bond motifs is 1. The average molecular weight is 274 g/mol. The maximum Gasteiger partial charge on any atom is 0.144 e. The maximum atomic E-state index is 7.93. The first-order chi connectivity index (χ1) is 8.56. The summed E-state index contributed by atoms with van der Waals surface area (Å²) >= 11 is 6.42. The molecule has 2 aliphatic heterocycles. The Morgan fingerprint density at radius 1 is 1.11 bits per heavy atom. The lowest BCUT2D eigenvalue weighted by Gasteiger charge is -2.04. The van der Waals surface area contributed by atoms with Crippen LogP contribution in [0.1, 0.15) is 16.7 Å². The topological polar surface area (TPSA) is 71.8 Å². The molecular formula is C12H10N4S2. The number of nitrogens with one attached hydrogen (secondary N) is 4. The van der Waals surface area contributed by atoms with Crippen molar-refractivity contribution >= 4 is 45.7 Å². The van der Waals surface area contributed by atoms with E-state index in [4.69, 9.17) is 23.0 Å². The highest BCUT2D eigenvalue weighted by molar-refractivity contribution is 8.26. The van der Waals surface area contributed by atoms with E-state index in [1.54, 1.807) is 0 Å². The van der Waals surface area contributed by atoms with Gasteiger partial charge < -0.3 is 10.6 Å². The molecule has 1 aromatic rings. The van der Waals surface area contributed by atoms with E-state index in [-0.39, 0.29) is 0 Å². The van der Waals surface area contributed by atoms with E-state index in [9.17, 15) is 0 Å². The molecule has 4 N–H and O–H groups in total. The SMILES string of the molecule is Cc1ccc2c(c1)C(=C1SC(=S)NC1=N)NC2=N. The van der Waals surface area contributed by atoms with E-state index in [0.29, 0.717) is 16.0 Å². The number of rotatable bonds is 0. The monoisotopic (exact) mass is 274 g/mol. The largest absolute Gasteiger partial charge is 0.339 e. The van der Waals surface area contributed by atoms with Gasteiger partial charge in [-0.1, -0.05) is 41.7 Å². The third-order valence-electron chi connectivity index (χ3n) is 2.84. The van der Waals surface area contributed by atoms with Crippen LogP contribution in [-0.2, 0) is 0 Å². The van der Waals surface area contributed by atoms with E-state index in [1.807, 2.05) is 25.1 Å². The molecule has 0 aliphatic carbocycles. The number of hydrogen-bond donors (Lipinski definition) is 4. The number of benzene rings is 1. The minimum atomic E-state index is 0.301. The summed E-state index contributed by atoms with van der Waals surface area (Å²) in [5.41, 5.74) is 3.78. The molecular weight excluding hydrogens is 264 g/mol. The fourth-order valence-corrected chi connectivity index (χ4v) is 3.13. The Bertz CT molecular complexity index is 645. The molecule has 2 aliphatic rings. The molecule has 6 heteroatoms. The van der Waals surface area contributed by atoms with Crippen molar-refractivity contribution in [3.8, 4) is 0 Å². The number of aryl methyl sites for hydroxylation is 1. The zero-order valence-electron chi connectivity index (χ0n) is 9.55. The molecule has 0 bridgehead atoms. The Hall–Kier alpha value is -1.66. The number of hydrogen-bond acceptors (Lipinski definition) is 4. The van der Waals surface area contributed by atoms with Crippen molar-refractivity contribution in [2.75, 3.05) is 0 Å². The quantitative estimate of drug-likeness (QED) is 0.547. The molecule has 0 radical (unpaired) electrons. The Morgan fingerprint density at radius 3 is 2.56 bits per heavy atom. The van der Waals surface area contributed by atoms with Gasteiger partial charge in [0.2, 0.25) is 0 Å². The van der Waals surface area contributed by atoms with Crippen LogP contribution < -0.4 is 10.6 Å². The molecule has 0 spiro atoms. The fraction of sp³-hybridized carbons (Fsp3) is 0.0833.